The number of nitrogens with zero attached hydrogens (tertiary/aromatic N) is 2. The molecular weight excluding hydrogens is 368 g/mol. The molecular formula is C16H19F2N3O2S2. The molecule has 3 rings (SSSR count). The van der Waals surface area contributed by atoms with Crippen molar-refractivity contribution in [3.05, 3.63) is 21.9 Å². The van der Waals surface area contributed by atoms with E-state index >= 15 is 0 Å². The predicted molar refractivity (Wildman–Crippen MR) is 95.7 cm³/mol. The van der Waals surface area contributed by atoms with Crippen LogP contribution in [0.15, 0.2) is 12.1 Å². The molecule has 0 spiro atoms. The van der Waals surface area contributed by atoms with E-state index in [-0.39, 0.29) is 12.5 Å². The minimum atomic E-state index is -2.48. The largest absolute Gasteiger partial charge is 0.378 e. The van der Waals surface area contributed by atoms with Gasteiger partial charge in [-0.1, -0.05) is 0 Å². The molecule has 0 unspecified atom stereocenters. The maximum Gasteiger partial charge on any atom is 0.251 e. The highest BCUT2D eigenvalue weighted by atomic mass is 32.1. The number of alkyl halides is 2. The van der Waals surface area contributed by atoms with Crippen LogP contribution in [0.3, 0.4) is 0 Å². The summed E-state index contributed by atoms with van der Waals surface area (Å²) in [5, 5.41) is 3.24. The Kier molecular flexibility index (Phi) is 5.78. The molecule has 9 heteroatoms. The van der Waals surface area contributed by atoms with E-state index in [9.17, 15) is 13.6 Å². The van der Waals surface area contributed by atoms with E-state index in [0.717, 1.165) is 15.4 Å². The summed E-state index contributed by atoms with van der Waals surface area (Å²) in [7, 11) is 0. The van der Waals surface area contributed by atoms with Crippen LogP contribution in [0.25, 0.3) is 10.6 Å². The summed E-state index contributed by atoms with van der Waals surface area (Å²) in [5.41, 5.74) is 0.850. The van der Waals surface area contributed by atoms with Gasteiger partial charge in [-0.3, -0.25) is 9.69 Å². The number of ether oxygens (including phenoxy) is 1. The third-order valence-corrected chi connectivity index (χ3v) is 5.81. The van der Waals surface area contributed by atoms with Crippen LogP contribution in [-0.2, 0) is 9.53 Å². The zero-order valence-corrected chi connectivity index (χ0v) is 15.6. The van der Waals surface area contributed by atoms with Gasteiger partial charge in [0.05, 0.1) is 30.3 Å². The van der Waals surface area contributed by atoms with E-state index in [1.807, 2.05) is 26.0 Å². The lowest BCUT2D eigenvalue weighted by Crippen LogP contribution is -2.53. The number of hydrogen-bond acceptors (Lipinski definition) is 6. The van der Waals surface area contributed by atoms with Gasteiger partial charge < -0.3 is 10.1 Å². The van der Waals surface area contributed by atoms with Gasteiger partial charge in [-0.25, -0.2) is 13.8 Å². The summed E-state index contributed by atoms with van der Waals surface area (Å²) in [6.07, 6.45) is -2.48. The van der Waals surface area contributed by atoms with Crippen molar-refractivity contribution in [3.63, 3.8) is 0 Å². The van der Waals surface area contributed by atoms with Gasteiger partial charge in [0.25, 0.3) is 6.43 Å². The molecule has 1 saturated heterocycles. The minimum Gasteiger partial charge on any atom is -0.378 e. The quantitative estimate of drug-likeness (QED) is 0.854. The second-order valence-electron chi connectivity index (χ2n) is 5.80. The number of halogens is 2. The molecule has 0 bridgehead atoms. The highest BCUT2D eigenvalue weighted by Crippen LogP contribution is 2.34. The van der Waals surface area contributed by atoms with Crippen molar-refractivity contribution < 1.29 is 18.3 Å². The summed E-state index contributed by atoms with van der Waals surface area (Å²) < 4.78 is 30.7. The lowest BCUT2D eigenvalue weighted by Gasteiger charge is -2.33. The molecule has 0 radical (unpaired) electrons. The standard InChI is InChI=1S/C16H19F2N3O2S2/c1-9-3-4-12(24-9)14-10(2)25-16(19-14)20-15(22)11-8-23-6-5-21(11)7-13(17)18/h3-4,11,13H,5-8H2,1-2H3,(H,19,20,22)/t11-/m0/s1. The van der Waals surface area contributed by atoms with Gasteiger partial charge in [0.15, 0.2) is 5.13 Å². The predicted octanol–water partition coefficient (Wildman–Crippen LogP) is 3.39. The molecule has 2 aromatic rings. The first kappa shape index (κ1) is 18.4. The Labute approximate surface area is 152 Å². The fraction of sp³-hybridized carbons (Fsp3) is 0.500. The smallest absolute Gasteiger partial charge is 0.251 e. The Hall–Kier alpha value is -1.42. The Morgan fingerprint density at radius 1 is 1.44 bits per heavy atom. The number of aromatic nitrogens is 1. The van der Waals surface area contributed by atoms with Crippen LogP contribution in [0, 0.1) is 13.8 Å². The van der Waals surface area contributed by atoms with E-state index in [0.29, 0.717) is 18.3 Å². The fourth-order valence-corrected chi connectivity index (χ4v) is 4.51. The van der Waals surface area contributed by atoms with Crippen LogP contribution in [-0.4, -0.2) is 54.6 Å². The summed E-state index contributed by atoms with van der Waals surface area (Å²) >= 11 is 3.02. The summed E-state index contributed by atoms with van der Waals surface area (Å²) in [5.74, 6) is -0.358. The first-order chi connectivity index (χ1) is 11.9. The molecule has 2 aromatic heterocycles. The van der Waals surface area contributed by atoms with E-state index in [1.165, 1.54) is 21.1 Å². The van der Waals surface area contributed by atoms with Gasteiger partial charge in [-0.05, 0) is 26.0 Å². The lowest BCUT2D eigenvalue weighted by atomic mass is 10.2. The molecule has 1 atom stereocenters. The molecule has 3 heterocycles. The molecule has 5 nitrogen and oxygen atoms in total. The number of aryl methyl sites for hydroxylation is 2. The number of amides is 1. The zero-order valence-electron chi connectivity index (χ0n) is 13.9. The topological polar surface area (TPSA) is 54.5 Å². The molecule has 1 fully saturated rings. The molecule has 0 aromatic carbocycles. The van der Waals surface area contributed by atoms with Crippen LogP contribution >= 0.6 is 22.7 Å². The summed E-state index contributed by atoms with van der Waals surface area (Å²) in [4.78, 5) is 21.7. The average molecular weight is 387 g/mol. The van der Waals surface area contributed by atoms with Gasteiger partial charge in [-0.2, -0.15) is 0 Å². The molecule has 1 aliphatic heterocycles. The second kappa shape index (κ2) is 7.86. The zero-order chi connectivity index (χ0) is 18.0. The van der Waals surface area contributed by atoms with Gasteiger partial charge in [-0.15, -0.1) is 22.7 Å². The van der Waals surface area contributed by atoms with Crippen LogP contribution in [0.4, 0.5) is 13.9 Å². The van der Waals surface area contributed by atoms with Crippen molar-refractivity contribution >= 4 is 33.7 Å². The van der Waals surface area contributed by atoms with Crippen LogP contribution in [0.1, 0.15) is 9.75 Å². The number of nitrogens with one attached hydrogen (secondary N) is 1. The Balaban J connectivity index is 1.72. The number of carbonyl (C=O) groups is 1. The third kappa shape index (κ3) is 4.41. The number of anilines is 1. The Morgan fingerprint density at radius 3 is 2.92 bits per heavy atom. The van der Waals surface area contributed by atoms with Crippen molar-refractivity contribution in [2.45, 2.75) is 26.3 Å². The molecule has 0 aliphatic carbocycles. The van der Waals surface area contributed by atoms with E-state index in [2.05, 4.69) is 10.3 Å². The number of carbonyl (C=O) groups excluding carboxylic acids is 1. The average Bonchev–Trinajstić information content (AvgIpc) is 3.13. The van der Waals surface area contributed by atoms with Crippen LogP contribution in [0.5, 0.6) is 0 Å². The molecule has 0 saturated carbocycles. The number of morpholine rings is 1. The highest BCUT2D eigenvalue weighted by molar-refractivity contribution is 7.18. The molecule has 1 amide bonds. The van der Waals surface area contributed by atoms with E-state index in [1.54, 1.807) is 11.3 Å². The Bertz CT molecular complexity index is 748. The number of hydrogen-bond donors (Lipinski definition) is 1. The molecule has 1 aliphatic rings. The van der Waals surface area contributed by atoms with Gasteiger partial charge >= 0.3 is 0 Å². The minimum absolute atomic E-state index is 0.111. The van der Waals surface area contributed by atoms with Gasteiger partial charge in [0, 0.05) is 16.3 Å². The summed E-state index contributed by atoms with van der Waals surface area (Å²) in [6.45, 7) is 4.33. The first-order valence-electron chi connectivity index (χ1n) is 7.89. The maximum absolute atomic E-state index is 12.7. The Morgan fingerprint density at radius 2 is 2.24 bits per heavy atom. The second-order valence-corrected chi connectivity index (χ2v) is 8.29. The first-order valence-corrected chi connectivity index (χ1v) is 9.52. The maximum atomic E-state index is 12.7. The van der Waals surface area contributed by atoms with E-state index in [4.69, 9.17) is 4.74 Å². The van der Waals surface area contributed by atoms with Crippen molar-refractivity contribution in [1.29, 1.82) is 0 Å². The van der Waals surface area contributed by atoms with Crippen molar-refractivity contribution in [2.75, 3.05) is 31.6 Å². The normalized spacial score (nSPS) is 18.7. The third-order valence-electron chi connectivity index (χ3n) is 3.91. The van der Waals surface area contributed by atoms with Crippen molar-refractivity contribution in [3.8, 4) is 10.6 Å². The number of rotatable bonds is 5. The fourth-order valence-electron chi connectivity index (χ4n) is 2.70. The van der Waals surface area contributed by atoms with Crippen LogP contribution < -0.4 is 5.32 Å². The summed E-state index contributed by atoms with van der Waals surface area (Å²) in [6, 6.07) is 3.31. The lowest BCUT2D eigenvalue weighted by molar-refractivity contribution is -0.128. The van der Waals surface area contributed by atoms with Gasteiger partial charge in [0.1, 0.15) is 6.04 Å². The van der Waals surface area contributed by atoms with Crippen molar-refractivity contribution in [1.82, 2.24) is 9.88 Å². The highest BCUT2D eigenvalue weighted by Gasteiger charge is 2.31. The van der Waals surface area contributed by atoms with Crippen molar-refractivity contribution in [2.24, 2.45) is 0 Å². The molecule has 1 N–H and O–H groups in total. The number of thiazole rings is 1. The molecule has 136 valence electrons. The van der Waals surface area contributed by atoms with Crippen LogP contribution in [0.2, 0.25) is 0 Å². The monoisotopic (exact) mass is 387 g/mol. The number of thiophene rings is 1. The van der Waals surface area contributed by atoms with E-state index < -0.39 is 19.0 Å². The SMILES string of the molecule is Cc1ccc(-c2nc(NC(=O)[C@@H]3COCCN3CC(F)F)sc2C)s1. The van der Waals surface area contributed by atoms with Gasteiger partial charge in [0.2, 0.25) is 5.91 Å². The molecule has 25 heavy (non-hydrogen) atoms.